The van der Waals surface area contributed by atoms with Crippen molar-refractivity contribution in [2.45, 2.75) is 0 Å². The highest BCUT2D eigenvalue weighted by Gasteiger charge is 2.06. The van der Waals surface area contributed by atoms with Crippen LogP contribution < -0.4 is 10.6 Å². The van der Waals surface area contributed by atoms with Crippen LogP contribution in [0.4, 0.5) is 17.1 Å². The third-order valence-electron chi connectivity index (χ3n) is 2.42. The van der Waals surface area contributed by atoms with E-state index in [0.29, 0.717) is 10.8 Å². The number of hydrogen-bond acceptors (Lipinski definition) is 3. The van der Waals surface area contributed by atoms with Gasteiger partial charge < -0.3 is 10.6 Å². The van der Waals surface area contributed by atoms with Crippen LogP contribution in [0.2, 0.25) is 0 Å². The second kappa shape index (κ2) is 6.44. The lowest BCUT2D eigenvalue weighted by Crippen LogP contribution is -2.18. The SMILES string of the molecule is O=[N+]([O-])c1cccc(NC(=S)Nc2ccc(Br)cc2)c1. The summed E-state index contributed by atoms with van der Waals surface area (Å²) in [5, 5.41) is 17.0. The average Bonchev–Trinajstić information content (AvgIpc) is 2.41. The van der Waals surface area contributed by atoms with Crippen molar-refractivity contribution < 1.29 is 4.92 Å². The Morgan fingerprint density at radius 2 is 1.75 bits per heavy atom. The minimum Gasteiger partial charge on any atom is -0.332 e. The number of hydrogen-bond donors (Lipinski definition) is 2. The summed E-state index contributed by atoms with van der Waals surface area (Å²) in [6.07, 6.45) is 0. The van der Waals surface area contributed by atoms with Gasteiger partial charge in [-0.1, -0.05) is 22.0 Å². The van der Waals surface area contributed by atoms with Gasteiger partial charge in [0.1, 0.15) is 0 Å². The van der Waals surface area contributed by atoms with Crippen LogP contribution in [0.25, 0.3) is 0 Å². The molecule has 0 bridgehead atoms. The second-order valence-corrected chi connectivity index (χ2v) is 5.22. The van der Waals surface area contributed by atoms with Gasteiger partial charge in [-0.2, -0.15) is 0 Å². The highest BCUT2D eigenvalue weighted by atomic mass is 79.9. The molecule has 0 aliphatic rings. The van der Waals surface area contributed by atoms with E-state index in [1.165, 1.54) is 12.1 Å². The van der Waals surface area contributed by atoms with E-state index in [1.54, 1.807) is 12.1 Å². The summed E-state index contributed by atoms with van der Waals surface area (Å²) in [6, 6.07) is 13.7. The summed E-state index contributed by atoms with van der Waals surface area (Å²) in [5.41, 5.74) is 1.41. The molecule has 0 unspecified atom stereocenters. The standard InChI is InChI=1S/C13H10BrN3O2S/c14-9-4-6-10(7-5-9)15-13(20)16-11-2-1-3-12(8-11)17(18)19/h1-8H,(H2,15,16,20). The number of nitro groups is 1. The first-order chi connectivity index (χ1) is 9.54. The molecule has 2 N–H and O–H groups in total. The molecule has 0 aliphatic heterocycles. The zero-order chi connectivity index (χ0) is 14.5. The minimum atomic E-state index is -0.448. The van der Waals surface area contributed by atoms with E-state index in [-0.39, 0.29) is 5.69 Å². The van der Waals surface area contributed by atoms with E-state index in [9.17, 15) is 10.1 Å². The molecule has 0 radical (unpaired) electrons. The van der Waals surface area contributed by atoms with E-state index in [4.69, 9.17) is 12.2 Å². The van der Waals surface area contributed by atoms with Gasteiger partial charge in [0.05, 0.1) is 4.92 Å². The monoisotopic (exact) mass is 351 g/mol. The van der Waals surface area contributed by atoms with Gasteiger partial charge >= 0.3 is 0 Å². The fourth-order valence-electron chi connectivity index (χ4n) is 1.52. The minimum absolute atomic E-state index is 0.0152. The number of thiocarbonyl (C=S) groups is 1. The molecule has 20 heavy (non-hydrogen) atoms. The lowest BCUT2D eigenvalue weighted by Gasteiger charge is -2.10. The first-order valence-corrected chi connectivity index (χ1v) is 6.83. The van der Waals surface area contributed by atoms with Crippen LogP contribution in [0.15, 0.2) is 53.0 Å². The highest BCUT2D eigenvalue weighted by molar-refractivity contribution is 9.10. The lowest BCUT2D eigenvalue weighted by molar-refractivity contribution is -0.384. The van der Waals surface area contributed by atoms with Crippen molar-refractivity contribution in [3.05, 3.63) is 63.1 Å². The number of benzene rings is 2. The molecule has 0 aromatic heterocycles. The molecule has 0 spiro atoms. The maximum Gasteiger partial charge on any atom is 0.271 e. The summed E-state index contributed by atoms with van der Waals surface area (Å²) in [4.78, 5) is 10.2. The first kappa shape index (κ1) is 14.4. The van der Waals surface area contributed by atoms with Crippen LogP contribution in [-0.2, 0) is 0 Å². The number of anilines is 2. The van der Waals surface area contributed by atoms with Gasteiger partial charge in [0.25, 0.3) is 5.69 Å². The lowest BCUT2D eigenvalue weighted by atomic mass is 10.3. The zero-order valence-corrected chi connectivity index (χ0v) is 12.6. The van der Waals surface area contributed by atoms with Gasteiger partial charge in [0.15, 0.2) is 5.11 Å². The molecule has 7 heteroatoms. The Hall–Kier alpha value is -1.99. The number of nitrogens with one attached hydrogen (secondary N) is 2. The Balaban J connectivity index is 2.02. The van der Waals surface area contributed by atoms with Crippen molar-refractivity contribution in [2.24, 2.45) is 0 Å². The van der Waals surface area contributed by atoms with Crippen molar-refractivity contribution in [2.75, 3.05) is 10.6 Å². The number of nitro benzene ring substituents is 1. The third kappa shape index (κ3) is 4.01. The van der Waals surface area contributed by atoms with E-state index in [0.717, 1.165) is 10.2 Å². The van der Waals surface area contributed by atoms with E-state index >= 15 is 0 Å². The summed E-state index contributed by atoms with van der Waals surface area (Å²) in [7, 11) is 0. The average molecular weight is 352 g/mol. The number of halogens is 1. The Kier molecular flexibility index (Phi) is 4.65. The molecule has 0 aliphatic carbocycles. The summed E-state index contributed by atoms with van der Waals surface area (Å²) in [6.45, 7) is 0. The van der Waals surface area contributed by atoms with Gasteiger partial charge in [-0.3, -0.25) is 10.1 Å². The summed E-state index contributed by atoms with van der Waals surface area (Å²) >= 11 is 8.50. The molecule has 0 heterocycles. The van der Waals surface area contributed by atoms with Crippen LogP contribution in [0.3, 0.4) is 0 Å². The molecule has 2 aromatic rings. The molecule has 5 nitrogen and oxygen atoms in total. The fourth-order valence-corrected chi connectivity index (χ4v) is 2.02. The third-order valence-corrected chi connectivity index (χ3v) is 3.15. The molecular weight excluding hydrogens is 342 g/mol. The summed E-state index contributed by atoms with van der Waals surface area (Å²) < 4.78 is 0.973. The predicted octanol–water partition coefficient (Wildman–Crippen LogP) is 4.17. The molecule has 0 saturated carbocycles. The molecule has 2 rings (SSSR count). The van der Waals surface area contributed by atoms with E-state index in [2.05, 4.69) is 26.6 Å². The topological polar surface area (TPSA) is 67.2 Å². The van der Waals surface area contributed by atoms with E-state index in [1.807, 2.05) is 24.3 Å². The molecule has 0 fully saturated rings. The van der Waals surface area contributed by atoms with Gasteiger partial charge in [0.2, 0.25) is 0 Å². The highest BCUT2D eigenvalue weighted by Crippen LogP contribution is 2.18. The molecule has 2 aromatic carbocycles. The van der Waals surface area contributed by atoms with Crippen molar-refractivity contribution >= 4 is 50.3 Å². The molecule has 0 atom stereocenters. The van der Waals surface area contributed by atoms with E-state index < -0.39 is 4.92 Å². The maximum absolute atomic E-state index is 10.7. The van der Waals surface area contributed by atoms with Crippen LogP contribution in [0, 0.1) is 10.1 Å². The molecule has 0 saturated heterocycles. The molecule has 102 valence electrons. The predicted molar refractivity (Wildman–Crippen MR) is 87.1 cm³/mol. The maximum atomic E-state index is 10.7. The van der Waals surface area contributed by atoms with Gasteiger partial charge in [0, 0.05) is 28.0 Å². The Morgan fingerprint density at radius 1 is 1.10 bits per heavy atom. The zero-order valence-electron chi connectivity index (χ0n) is 10.2. The van der Waals surface area contributed by atoms with Gasteiger partial charge in [-0.25, -0.2) is 0 Å². The van der Waals surface area contributed by atoms with Crippen molar-refractivity contribution in [3.8, 4) is 0 Å². The summed E-state index contributed by atoms with van der Waals surface area (Å²) in [5.74, 6) is 0. The number of non-ortho nitro benzene ring substituents is 1. The van der Waals surface area contributed by atoms with Crippen molar-refractivity contribution in [3.63, 3.8) is 0 Å². The molecular formula is C13H10BrN3O2S. The van der Waals surface area contributed by atoms with Gasteiger partial charge in [-0.05, 0) is 42.5 Å². The second-order valence-electron chi connectivity index (χ2n) is 3.89. The quantitative estimate of drug-likeness (QED) is 0.493. The number of rotatable bonds is 3. The van der Waals surface area contributed by atoms with Gasteiger partial charge in [-0.15, -0.1) is 0 Å². The van der Waals surface area contributed by atoms with Crippen LogP contribution in [0.5, 0.6) is 0 Å². The van der Waals surface area contributed by atoms with Crippen LogP contribution in [-0.4, -0.2) is 10.0 Å². The Morgan fingerprint density at radius 3 is 2.40 bits per heavy atom. The number of nitrogens with zero attached hydrogens (tertiary/aromatic N) is 1. The Labute approximate surface area is 129 Å². The van der Waals surface area contributed by atoms with Crippen molar-refractivity contribution in [1.82, 2.24) is 0 Å². The normalized spacial score (nSPS) is 9.85. The van der Waals surface area contributed by atoms with Crippen LogP contribution in [0.1, 0.15) is 0 Å². The smallest absolute Gasteiger partial charge is 0.271 e. The van der Waals surface area contributed by atoms with Crippen LogP contribution >= 0.6 is 28.1 Å². The van der Waals surface area contributed by atoms with Crippen molar-refractivity contribution in [1.29, 1.82) is 0 Å². The fraction of sp³-hybridized carbons (Fsp3) is 0. The first-order valence-electron chi connectivity index (χ1n) is 5.62. The largest absolute Gasteiger partial charge is 0.332 e. The Bertz CT molecular complexity index is 646. The molecule has 0 amide bonds.